The lowest BCUT2D eigenvalue weighted by molar-refractivity contribution is -0.120. The molecule has 0 spiro atoms. The molecule has 0 heterocycles. The van der Waals surface area contributed by atoms with Crippen LogP contribution in [0.15, 0.2) is 24.3 Å². The van der Waals surface area contributed by atoms with E-state index >= 15 is 0 Å². The molecule has 4 nitrogen and oxygen atoms in total. The second-order valence-corrected chi connectivity index (χ2v) is 5.79. The number of carbonyl (C=O) groups is 1. The predicted octanol–water partition coefficient (Wildman–Crippen LogP) is 2.42. The Morgan fingerprint density at radius 1 is 1.24 bits per heavy atom. The van der Waals surface area contributed by atoms with Crippen molar-refractivity contribution in [3.63, 3.8) is 0 Å². The van der Waals surface area contributed by atoms with Gasteiger partial charge in [0.1, 0.15) is 0 Å². The first-order valence-corrected chi connectivity index (χ1v) is 8.06. The van der Waals surface area contributed by atoms with Gasteiger partial charge < -0.3 is 16.0 Å². The van der Waals surface area contributed by atoms with Gasteiger partial charge in [-0.1, -0.05) is 31.4 Å². The van der Waals surface area contributed by atoms with Gasteiger partial charge in [0, 0.05) is 24.8 Å². The number of rotatable bonds is 6. The van der Waals surface area contributed by atoms with Crippen molar-refractivity contribution in [1.82, 2.24) is 5.32 Å². The number of hydrogen-bond acceptors (Lipinski definition) is 3. The van der Waals surface area contributed by atoms with Gasteiger partial charge in [0.15, 0.2) is 0 Å². The van der Waals surface area contributed by atoms with E-state index in [9.17, 15) is 4.79 Å². The lowest BCUT2D eigenvalue weighted by Gasteiger charge is -2.26. The van der Waals surface area contributed by atoms with Gasteiger partial charge >= 0.3 is 0 Å². The van der Waals surface area contributed by atoms with E-state index < -0.39 is 0 Å². The minimum absolute atomic E-state index is 0.131. The number of amides is 1. The molecule has 1 aromatic carbocycles. The SMILES string of the molecule is CCN(CC(=O)NC1CCCCC1)c1ccc(CN)cc1. The smallest absolute Gasteiger partial charge is 0.239 e. The molecule has 4 heteroatoms. The quantitative estimate of drug-likeness (QED) is 0.845. The Hall–Kier alpha value is -1.55. The number of anilines is 1. The zero-order valence-corrected chi connectivity index (χ0v) is 13.0. The zero-order valence-electron chi connectivity index (χ0n) is 13.0. The minimum atomic E-state index is 0.131. The van der Waals surface area contributed by atoms with Crippen LogP contribution in [0.2, 0.25) is 0 Å². The highest BCUT2D eigenvalue weighted by Crippen LogP contribution is 2.18. The summed E-state index contributed by atoms with van der Waals surface area (Å²) in [6, 6.07) is 8.51. The molecule has 2 rings (SSSR count). The lowest BCUT2D eigenvalue weighted by Crippen LogP contribution is -2.42. The summed E-state index contributed by atoms with van der Waals surface area (Å²) in [4.78, 5) is 14.3. The molecule has 1 saturated carbocycles. The molecule has 0 aromatic heterocycles. The van der Waals surface area contributed by atoms with Crippen molar-refractivity contribution in [2.75, 3.05) is 18.0 Å². The molecule has 0 atom stereocenters. The van der Waals surface area contributed by atoms with Crippen LogP contribution in [0.3, 0.4) is 0 Å². The molecular formula is C17H27N3O. The summed E-state index contributed by atoms with van der Waals surface area (Å²) in [5.74, 6) is 0.131. The first-order chi connectivity index (χ1) is 10.2. The Bertz CT molecular complexity index is 438. The van der Waals surface area contributed by atoms with Crippen LogP contribution in [0, 0.1) is 0 Å². The Morgan fingerprint density at radius 2 is 1.90 bits per heavy atom. The van der Waals surface area contributed by atoms with Crippen LogP contribution in [0.25, 0.3) is 0 Å². The molecule has 21 heavy (non-hydrogen) atoms. The highest BCUT2D eigenvalue weighted by molar-refractivity contribution is 5.81. The van der Waals surface area contributed by atoms with E-state index in [1.807, 2.05) is 24.3 Å². The van der Waals surface area contributed by atoms with Gasteiger partial charge in [-0.2, -0.15) is 0 Å². The van der Waals surface area contributed by atoms with Crippen LogP contribution in [0.4, 0.5) is 5.69 Å². The maximum atomic E-state index is 12.2. The summed E-state index contributed by atoms with van der Waals surface area (Å²) < 4.78 is 0. The van der Waals surface area contributed by atoms with Gasteiger partial charge in [-0.25, -0.2) is 0 Å². The molecule has 0 aliphatic heterocycles. The van der Waals surface area contributed by atoms with Gasteiger partial charge in [0.05, 0.1) is 6.54 Å². The molecule has 3 N–H and O–H groups in total. The van der Waals surface area contributed by atoms with Crippen molar-refractivity contribution >= 4 is 11.6 Å². The molecule has 1 aromatic rings. The summed E-state index contributed by atoms with van der Waals surface area (Å²) in [6.45, 7) is 3.87. The lowest BCUT2D eigenvalue weighted by atomic mass is 9.95. The fourth-order valence-corrected chi connectivity index (χ4v) is 2.92. The van der Waals surface area contributed by atoms with E-state index in [0.717, 1.165) is 30.6 Å². The van der Waals surface area contributed by atoms with Crippen LogP contribution in [-0.2, 0) is 11.3 Å². The van der Waals surface area contributed by atoms with Gasteiger partial charge in [0.2, 0.25) is 5.91 Å². The standard InChI is InChI=1S/C17H27N3O/c1-2-20(16-10-8-14(12-18)9-11-16)13-17(21)19-15-6-4-3-5-7-15/h8-11,15H,2-7,12-13,18H2,1H3,(H,19,21). The molecule has 0 saturated heterocycles. The Balaban J connectivity index is 1.89. The Kier molecular flexibility index (Phi) is 6.05. The molecule has 0 bridgehead atoms. The summed E-state index contributed by atoms with van der Waals surface area (Å²) in [5.41, 5.74) is 7.81. The monoisotopic (exact) mass is 289 g/mol. The van der Waals surface area contributed by atoms with Gasteiger partial charge in [-0.3, -0.25) is 4.79 Å². The van der Waals surface area contributed by atoms with Crippen molar-refractivity contribution < 1.29 is 4.79 Å². The largest absolute Gasteiger partial charge is 0.363 e. The Morgan fingerprint density at radius 3 is 2.48 bits per heavy atom. The third-order valence-corrected chi connectivity index (χ3v) is 4.22. The second-order valence-electron chi connectivity index (χ2n) is 5.79. The third kappa shape index (κ3) is 4.74. The second kappa shape index (κ2) is 8.03. The van der Waals surface area contributed by atoms with Crippen LogP contribution >= 0.6 is 0 Å². The van der Waals surface area contributed by atoms with E-state index in [0.29, 0.717) is 19.1 Å². The summed E-state index contributed by atoms with van der Waals surface area (Å²) in [6.07, 6.45) is 6.04. The van der Waals surface area contributed by atoms with E-state index in [1.165, 1.54) is 19.3 Å². The third-order valence-electron chi connectivity index (χ3n) is 4.22. The molecule has 1 aliphatic carbocycles. The van der Waals surface area contributed by atoms with Crippen LogP contribution in [-0.4, -0.2) is 25.0 Å². The van der Waals surface area contributed by atoms with E-state index in [-0.39, 0.29) is 5.91 Å². The maximum Gasteiger partial charge on any atom is 0.239 e. The summed E-state index contributed by atoms with van der Waals surface area (Å²) in [5, 5.41) is 3.18. The minimum Gasteiger partial charge on any atom is -0.363 e. The first-order valence-electron chi connectivity index (χ1n) is 8.06. The van der Waals surface area contributed by atoms with Crippen molar-refractivity contribution in [3.8, 4) is 0 Å². The van der Waals surface area contributed by atoms with Crippen molar-refractivity contribution in [2.45, 2.75) is 51.6 Å². The number of nitrogens with one attached hydrogen (secondary N) is 1. The average molecular weight is 289 g/mol. The Labute approximate surface area is 127 Å². The predicted molar refractivity (Wildman–Crippen MR) is 87.2 cm³/mol. The van der Waals surface area contributed by atoms with Crippen LogP contribution in [0.1, 0.15) is 44.6 Å². The van der Waals surface area contributed by atoms with E-state index in [1.54, 1.807) is 0 Å². The number of benzene rings is 1. The summed E-state index contributed by atoms with van der Waals surface area (Å²) in [7, 11) is 0. The topological polar surface area (TPSA) is 58.4 Å². The average Bonchev–Trinajstić information content (AvgIpc) is 2.53. The van der Waals surface area contributed by atoms with Crippen LogP contribution in [0.5, 0.6) is 0 Å². The number of nitrogens with two attached hydrogens (primary N) is 1. The van der Waals surface area contributed by atoms with Crippen molar-refractivity contribution in [1.29, 1.82) is 0 Å². The van der Waals surface area contributed by atoms with Gasteiger partial charge in [0.25, 0.3) is 0 Å². The van der Waals surface area contributed by atoms with E-state index in [4.69, 9.17) is 5.73 Å². The molecule has 1 fully saturated rings. The number of nitrogens with zero attached hydrogens (tertiary/aromatic N) is 1. The van der Waals surface area contributed by atoms with Crippen LogP contribution < -0.4 is 16.0 Å². The number of hydrogen-bond donors (Lipinski definition) is 2. The maximum absolute atomic E-state index is 12.2. The fraction of sp³-hybridized carbons (Fsp3) is 0.588. The van der Waals surface area contributed by atoms with Crippen molar-refractivity contribution in [3.05, 3.63) is 29.8 Å². The molecular weight excluding hydrogens is 262 g/mol. The molecule has 0 radical (unpaired) electrons. The van der Waals surface area contributed by atoms with Gasteiger partial charge in [-0.15, -0.1) is 0 Å². The zero-order chi connectivity index (χ0) is 15.1. The highest BCUT2D eigenvalue weighted by atomic mass is 16.2. The molecule has 1 amide bonds. The number of carbonyl (C=O) groups excluding carboxylic acids is 1. The van der Waals surface area contributed by atoms with E-state index in [2.05, 4.69) is 17.1 Å². The molecule has 1 aliphatic rings. The van der Waals surface area contributed by atoms with Crippen molar-refractivity contribution in [2.24, 2.45) is 5.73 Å². The molecule has 0 unspecified atom stereocenters. The molecule has 116 valence electrons. The summed E-state index contributed by atoms with van der Waals surface area (Å²) >= 11 is 0. The fourth-order valence-electron chi connectivity index (χ4n) is 2.92. The van der Waals surface area contributed by atoms with Gasteiger partial charge in [-0.05, 0) is 37.5 Å². The first kappa shape index (κ1) is 15.8. The normalized spacial score (nSPS) is 15.7. The number of likely N-dealkylation sites (N-methyl/N-ethyl adjacent to an activating group) is 1. The highest BCUT2D eigenvalue weighted by Gasteiger charge is 2.17.